The van der Waals surface area contributed by atoms with Gasteiger partial charge in [-0.15, -0.1) is 13.2 Å². The van der Waals surface area contributed by atoms with Gasteiger partial charge in [-0.1, -0.05) is 54.6 Å². The van der Waals surface area contributed by atoms with Crippen molar-refractivity contribution in [2.24, 2.45) is 0 Å². The fraction of sp³-hybridized carbons (Fsp3) is 0.323. The lowest BCUT2D eigenvalue weighted by molar-refractivity contribution is -0.274. The van der Waals surface area contributed by atoms with Crippen molar-refractivity contribution in [3.8, 4) is 16.9 Å². The normalized spacial score (nSPS) is 17.5. The van der Waals surface area contributed by atoms with Crippen LogP contribution in [-0.4, -0.2) is 43.9 Å². The number of rotatable bonds is 7. The minimum Gasteiger partial charge on any atom is -0.449 e. The summed E-state index contributed by atoms with van der Waals surface area (Å²) in [4.78, 5) is 12.9. The van der Waals surface area contributed by atoms with Gasteiger partial charge < -0.3 is 24.1 Å². The molecular weight excluding hydrogens is 553 g/mol. The number of fused-ring (bicyclic) bond motifs is 3. The highest BCUT2D eigenvalue weighted by atomic mass is 19.4. The smallest absolute Gasteiger partial charge is 0.449 e. The number of nitrogens with one attached hydrogen (secondary N) is 1. The first kappa shape index (κ1) is 29.7. The Bertz CT molecular complexity index is 1460. The lowest BCUT2D eigenvalue weighted by atomic mass is 9.77. The van der Waals surface area contributed by atoms with Crippen LogP contribution < -0.4 is 10.1 Å². The molecular formula is C31H30BF4NO5. The van der Waals surface area contributed by atoms with Crippen molar-refractivity contribution in [3.05, 3.63) is 94.7 Å². The highest BCUT2D eigenvalue weighted by Crippen LogP contribution is 2.44. The molecule has 1 heterocycles. The third-order valence-electron chi connectivity index (χ3n) is 7.88. The summed E-state index contributed by atoms with van der Waals surface area (Å²) in [6, 6.07) is 18.5. The quantitative estimate of drug-likeness (QED) is 0.234. The first-order valence-electron chi connectivity index (χ1n) is 13.4. The van der Waals surface area contributed by atoms with Crippen LogP contribution in [0, 0.1) is 5.82 Å². The summed E-state index contributed by atoms with van der Waals surface area (Å²) in [6.07, 6.45) is -4.39. The van der Waals surface area contributed by atoms with E-state index in [-0.39, 0.29) is 30.1 Å². The highest BCUT2D eigenvalue weighted by Gasteiger charge is 2.52. The number of alkyl halides is 3. The number of carbonyl (C=O) groups is 1. The molecule has 3 aromatic carbocycles. The largest absolute Gasteiger partial charge is 0.573 e. The van der Waals surface area contributed by atoms with Crippen LogP contribution in [0.1, 0.15) is 50.3 Å². The Morgan fingerprint density at radius 2 is 1.52 bits per heavy atom. The number of carbonyl (C=O) groups excluding carboxylic acids is 1. The molecule has 1 amide bonds. The maximum Gasteiger partial charge on any atom is 0.573 e. The monoisotopic (exact) mass is 583 g/mol. The molecule has 1 aliphatic carbocycles. The molecule has 0 aromatic heterocycles. The number of hydrogen-bond donors (Lipinski definition) is 1. The number of amides is 1. The van der Waals surface area contributed by atoms with Gasteiger partial charge in [0.25, 0.3) is 0 Å². The standard InChI is InChI=1S/C31H30BF4NO5/c1-29(2)30(3,4)42-32(41-29)20(15-19-16-21(13-14-27(19)33)40-31(34,35)36)17-37-28(38)39-18-26-24-11-7-5-9-22(24)23-10-6-8-12-25(23)26/h5-16,26H,17-18H2,1-4H3,(H,37,38). The molecule has 3 aromatic rings. The van der Waals surface area contributed by atoms with E-state index >= 15 is 0 Å². The van der Waals surface area contributed by atoms with E-state index in [4.69, 9.17) is 14.0 Å². The molecule has 0 atom stereocenters. The van der Waals surface area contributed by atoms with Crippen LogP contribution in [0.25, 0.3) is 17.2 Å². The zero-order valence-corrected chi connectivity index (χ0v) is 23.6. The zero-order chi connectivity index (χ0) is 30.3. The fourth-order valence-electron chi connectivity index (χ4n) is 5.05. The number of ether oxygens (including phenoxy) is 2. The van der Waals surface area contributed by atoms with Crippen LogP contribution in [0.4, 0.5) is 22.4 Å². The summed E-state index contributed by atoms with van der Waals surface area (Å²) in [5.74, 6) is -1.53. The SMILES string of the molecule is CC1(C)OB(C(=Cc2cc(OC(F)(F)F)ccc2F)CNC(=O)OCC2c3ccccc3-c3ccccc32)OC1(C)C. The average Bonchev–Trinajstić information content (AvgIpc) is 3.35. The molecule has 11 heteroatoms. The third-order valence-corrected chi connectivity index (χ3v) is 7.88. The molecule has 0 radical (unpaired) electrons. The highest BCUT2D eigenvalue weighted by molar-refractivity contribution is 6.56. The van der Waals surface area contributed by atoms with E-state index in [0.717, 1.165) is 40.5 Å². The molecule has 220 valence electrons. The Hall–Kier alpha value is -3.83. The molecule has 1 fully saturated rings. The van der Waals surface area contributed by atoms with Crippen LogP contribution in [0.5, 0.6) is 5.75 Å². The first-order chi connectivity index (χ1) is 19.7. The van der Waals surface area contributed by atoms with Crippen LogP contribution in [0.3, 0.4) is 0 Å². The van der Waals surface area contributed by atoms with Crippen molar-refractivity contribution >= 4 is 19.3 Å². The fourth-order valence-corrected chi connectivity index (χ4v) is 5.05. The predicted octanol–water partition coefficient (Wildman–Crippen LogP) is 7.28. The minimum absolute atomic E-state index is 0.0842. The maximum absolute atomic E-state index is 14.7. The Morgan fingerprint density at radius 1 is 0.952 bits per heavy atom. The molecule has 42 heavy (non-hydrogen) atoms. The second-order valence-corrected chi connectivity index (χ2v) is 11.2. The van der Waals surface area contributed by atoms with E-state index in [0.29, 0.717) is 0 Å². The van der Waals surface area contributed by atoms with Gasteiger partial charge in [0.2, 0.25) is 0 Å². The van der Waals surface area contributed by atoms with Crippen molar-refractivity contribution in [1.29, 1.82) is 0 Å². The van der Waals surface area contributed by atoms with Gasteiger partial charge >= 0.3 is 19.6 Å². The summed E-state index contributed by atoms with van der Waals surface area (Å²) in [6.45, 7) is 7.19. The van der Waals surface area contributed by atoms with Gasteiger partial charge in [-0.3, -0.25) is 0 Å². The van der Waals surface area contributed by atoms with Crippen LogP contribution in [0.15, 0.2) is 72.2 Å². The van der Waals surface area contributed by atoms with Crippen LogP contribution >= 0.6 is 0 Å². The molecule has 5 rings (SSSR count). The minimum atomic E-state index is -4.95. The Kier molecular flexibility index (Phi) is 7.85. The van der Waals surface area contributed by atoms with Gasteiger partial charge in [0, 0.05) is 18.0 Å². The van der Waals surface area contributed by atoms with Gasteiger partial charge in [0.05, 0.1) is 11.2 Å². The van der Waals surface area contributed by atoms with Gasteiger partial charge in [-0.25, -0.2) is 9.18 Å². The molecule has 0 saturated carbocycles. The van der Waals surface area contributed by atoms with Crippen molar-refractivity contribution < 1.29 is 41.1 Å². The van der Waals surface area contributed by atoms with Crippen molar-refractivity contribution in [2.45, 2.75) is 51.2 Å². The second kappa shape index (κ2) is 11.1. The first-order valence-corrected chi connectivity index (χ1v) is 13.4. The second-order valence-electron chi connectivity index (χ2n) is 11.2. The molecule has 0 bridgehead atoms. The van der Waals surface area contributed by atoms with Gasteiger partial charge in [-0.05, 0) is 73.6 Å². The summed E-state index contributed by atoms with van der Waals surface area (Å²) < 4.78 is 74.8. The number of alkyl carbamates (subject to hydrolysis) is 1. The van der Waals surface area contributed by atoms with E-state index < -0.39 is 42.3 Å². The van der Waals surface area contributed by atoms with Crippen molar-refractivity contribution in [2.75, 3.05) is 13.2 Å². The Labute approximate surface area is 241 Å². The third kappa shape index (κ3) is 6.17. The summed E-state index contributed by atoms with van der Waals surface area (Å²) in [7, 11) is -1.02. The van der Waals surface area contributed by atoms with Crippen LogP contribution in [0.2, 0.25) is 0 Å². The lowest BCUT2D eigenvalue weighted by Gasteiger charge is -2.32. The van der Waals surface area contributed by atoms with Crippen LogP contribution in [-0.2, 0) is 14.0 Å². The summed E-state index contributed by atoms with van der Waals surface area (Å²) in [5.41, 5.74) is 2.84. The molecule has 1 saturated heterocycles. The Balaban J connectivity index is 1.34. The van der Waals surface area contributed by atoms with E-state index in [9.17, 15) is 22.4 Å². The molecule has 0 unspecified atom stereocenters. The van der Waals surface area contributed by atoms with Gasteiger partial charge in [0.15, 0.2) is 0 Å². The number of benzene rings is 3. The van der Waals surface area contributed by atoms with E-state index in [1.165, 1.54) is 6.08 Å². The number of halogens is 4. The maximum atomic E-state index is 14.7. The zero-order valence-electron chi connectivity index (χ0n) is 23.6. The molecule has 1 aliphatic heterocycles. The summed E-state index contributed by atoms with van der Waals surface area (Å²) in [5, 5.41) is 2.66. The predicted molar refractivity (Wildman–Crippen MR) is 150 cm³/mol. The molecule has 2 aliphatic rings. The van der Waals surface area contributed by atoms with Gasteiger partial charge in [0.1, 0.15) is 18.2 Å². The lowest BCUT2D eigenvalue weighted by Crippen LogP contribution is -2.41. The van der Waals surface area contributed by atoms with E-state index in [1.807, 2.05) is 76.2 Å². The van der Waals surface area contributed by atoms with Crippen molar-refractivity contribution in [1.82, 2.24) is 5.32 Å². The number of hydrogen-bond acceptors (Lipinski definition) is 5. The molecule has 6 nitrogen and oxygen atoms in total. The molecule has 0 spiro atoms. The van der Waals surface area contributed by atoms with Gasteiger partial charge in [-0.2, -0.15) is 0 Å². The summed E-state index contributed by atoms with van der Waals surface area (Å²) >= 11 is 0. The average molecular weight is 583 g/mol. The Morgan fingerprint density at radius 3 is 2.10 bits per heavy atom. The van der Waals surface area contributed by atoms with Crippen molar-refractivity contribution in [3.63, 3.8) is 0 Å². The molecule has 1 N–H and O–H groups in total. The van der Waals surface area contributed by atoms with E-state index in [1.54, 1.807) is 0 Å². The topological polar surface area (TPSA) is 66.0 Å². The van der Waals surface area contributed by atoms with E-state index in [2.05, 4.69) is 10.1 Å².